The molecule has 5 nitrogen and oxygen atoms in total. The van der Waals surface area contributed by atoms with Crippen LogP contribution >= 0.6 is 0 Å². The average molecular weight is 299 g/mol. The molecule has 2 aliphatic heterocycles. The minimum Gasteiger partial charge on any atom is -0.477 e. The first-order valence-electron chi connectivity index (χ1n) is 7.73. The Morgan fingerprint density at radius 2 is 2.32 bits per heavy atom. The molecule has 2 aliphatic carbocycles. The second kappa shape index (κ2) is 3.91. The quantitative estimate of drug-likeness (QED) is 0.630. The molecule has 0 saturated carbocycles. The van der Waals surface area contributed by atoms with Crippen LogP contribution in [0.25, 0.3) is 0 Å². The number of rotatable bonds is 1. The smallest absolute Gasteiger partial charge is 0.207 e. The summed E-state index contributed by atoms with van der Waals surface area (Å²) in [6, 6.07) is 4.13. The topological polar surface area (TPSA) is 59.0 Å². The molecular formula is C17H17NO4. The van der Waals surface area contributed by atoms with Gasteiger partial charge in [-0.25, -0.2) is 5.26 Å². The van der Waals surface area contributed by atoms with Gasteiger partial charge in [-0.1, -0.05) is 12.1 Å². The summed E-state index contributed by atoms with van der Waals surface area (Å²) in [5.41, 5.74) is 2.02. The van der Waals surface area contributed by atoms with E-state index in [1.165, 1.54) is 5.56 Å². The molecule has 5 heteroatoms. The van der Waals surface area contributed by atoms with Crippen molar-refractivity contribution >= 4 is 5.78 Å². The Kier molecular flexibility index (Phi) is 2.25. The van der Waals surface area contributed by atoms with Gasteiger partial charge in [-0.3, -0.25) is 4.79 Å². The largest absolute Gasteiger partial charge is 0.477 e. The SMILES string of the molecule is CN1CC[C@]23c4c5ccc(OO)c4O[C@H]2C(=O)C=C[C@H]3[C@H]1C5. The van der Waals surface area contributed by atoms with E-state index in [0.29, 0.717) is 17.5 Å². The first-order valence-corrected chi connectivity index (χ1v) is 7.73. The van der Waals surface area contributed by atoms with Crippen LogP contribution in [0.1, 0.15) is 17.5 Å². The summed E-state index contributed by atoms with van der Waals surface area (Å²) in [6.45, 7) is 0.950. The predicted molar refractivity (Wildman–Crippen MR) is 78.2 cm³/mol. The number of carbonyl (C=O) groups excluding carboxylic acids is 1. The third-order valence-corrected chi connectivity index (χ3v) is 6.08. The molecule has 114 valence electrons. The average Bonchev–Trinajstić information content (AvgIpc) is 2.88. The molecule has 4 aliphatic rings. The van der Waals surface area contributed by atoms with Crippen molar-refractivity contribution in [3.63, 3.8) is 0 Å². The van der Waals surface area contributed by atoms with E-state index in [2.05, 4.69) is 22.9 Å². The number of benzene rings is 1. The summed E-state index contributed by atoms with van der Waals surface area (Å²) in [6.07, 6.45) is 5.10. The van der Waals surface area contributed by atoms with Gasteiger partial charge in [0.15, 0.2) is 17.6 Å². The fraction of sp³-hybridized carbons (Fsp3) is 0.471. The van der Waals surface area contributed by atoms with Gasteiger partial charge in [0.2, 0.25) is 5.75 Å². The fourth-order valence-electron chi connectivity index (χ4n) is 5.14. The van der Waals surface area contributed by atoms with E-state index in [0.717, 1.165) is 24.9 Å². The first-order chi connectivity index (χ1) is 10.7. The van der Waals surface area contributed by atoms with Gasteiger partial charge in [0.1, 0.15) is 0 Å². The maximum absolute atomic E-state index is 12.5. The van der Waals surface area contributed by atoms with Crippen molar-refractivity contribution in [2.75, 3.05) is 13.6 Å². The molecule has 2 bridgehead atoms. The van der Waals surface area contributed by atoms with E-state index in [4.69, 9.17) is 9.99 Å². The number of piperidine rings is 1. The van der Waals surface area contributed by atoms with Crippen LogP contribution in [0, 0.1) is 5.92 Å². The molecule has 1 aromatic rings. The van der Waals surface area contributed by atoms with Crippen molar-refractivity contribution in [1.29, 1.82) is 0 Å². The Bertz CT molecular complexity index is 728. The van der Waals surface area contributed by atoms with E-state index in [-0.39, 0.29) is 17.1 Å². The molecule has 22 heavy (non-hydrogen) atoms. The second-order valence-electron chi connectivity index (χ2n) is 6.85. The van der Waals surface area contributed by atoms with Crippen LogP contribution in [-0.4, -0.2) is 41.7 Å². The van der Waals surface area contributed by atoms with Crippen LogP contribution in [0.5, 0.6) is 11.5 Å². The lowest BCUT2D eigenvalue weighted by molar-refractivity contribution is -0.140. The normalized spacial score (nSPS) is 37.7. The van der Waals surface area contributed by atoms with Crippen LogP contribution in [0.3, 0.4) is 0 Å². The zero-order valence-electron chi connectivity index (χ0n) is 12.3. The fourth-order valence-corrected chi connectivity index (χ4v) is 5.14. The highest BCUT2D eigenvalue weighted by Gasteiger charge is 2.64. The molecule has 0 radical (unpaired) electrons. The Hall–Kier alpha value is -1.85. The molecule has 0 aromatic heterocycles. The van der Waals surface area contributed by atoms with E-state index in [1.54, 1.807) is 12.1 Å². The van der Waals surface area contributed by atoms with Gasteiger partial charge in [-0.15, -0.1) is 0 Å². The Morgan fingerprint density at radius 3 is 3.14 bits per heavy atom. The summed E-state index contributed by atoms with van der Waals surface area (Å²) >= 11 is 0. The number of nitrogens with zero attached hydrogens (tertiary/aromatic N) is 1. The lowest BCUT2D eigenvalue weighted by atomic mass is 9.53. The highest BCUT2D eigenvalue weighted by atomic mass is 17.1. The number of hydrogen-bond donors (Lipinski definition) is 1. The molecule has 0 unspecified atom stereocenters. The zero-order valence-corrected chi connectivity index (χ0v) is 12.3. The molecular weight excluding hydrogens is 282 g/mol. The van der Waals surface area contributed by atoms with Crippen molar-refractivity contribution in [3.05, 3.63) is 35.4 Å². The summed E-state index contributed by atoms with van der Waals surface area (Å²) in [4.78, 5) is 19.4. The second-order valence-corrected chi connectivity index (χ2v) is 6.85. The van der Waals surface area contributed by atoms with Gasteiger partial charge in [-0.2, -0.15) is 0 Å². The number of likely N-dealkylation sites (N-methyl/N-ethyl adjacent to an activating group) is 1. The molecule has 1 saturated heterocycles. The maximum atomic E-state index is 12.5. The van der Waals surface area contributed by atoms with E-state index in [9.17, 15) is 4.79 Å². The molecule has 0 amide bonds. The van der Waals surface area contributed by atoms with Crippen molar-refractivity contribution in [2.45, 2.75) is 30.4 Å². The van der Waals surface area contributed by atoms with Crippen molar-refractivity contribution in [2.24, 2.45) is 5.92 Å². The lowest BCUT2D eigenvalue weighted by Crippen LogP contribution is -2.64. The summed E-state index contributed by atoms with van der Waals surface area (Å²) in [7, 11) is 2.16. The van der Waals surface area contributed by atoms with Crippen molar-refractivity contribution in [1.82, 2.24) is 4.90 Å². The van der Waals surface area contributed by atoms with E-state index < -0.39 is 6.10 Å². The number of carbonyl (C=O) groups is 1. The molecule has 1 N–H and O–H groups in total. The van der Waals surface area contributed by atoms with Crippen LogP contribution in [0.4, 0.5) is 0 Å². The van der Waals surface area contributed by atoms with E-state index in [1.807, 2.05) is 6.07 Å². The molecule has 5 rings (SSSR count). The zero-order chi connectivity index (χ0) is 15.1. The number of likely N-dealkylation sites (tertiary alicyclic amines) is 1. The van der Waals surface area contributed by atoms with Gasteiger partial charge in [0.25, 0.3) is 0 Å². The summed E-state index contributed by atoms with van der Waals surface area (Å²) < 4.78 is 6.04. The highest BCUT2D eigenvalue weighted by molar-refractivity contribution is 5.98. The third kappa shape index (κ3) is 1.22. The van der Waals surface area contributed by atoms with Gasteiger partial charge in [0.05, 0.1) is 5.41 Å². The Balaban J connectivity index is 1.84. The minimum absolute atomic E-state index is 0.0208. The predicted octanol–water partition coefficient (Wildman–Crippen LogP) is 1.55. The summed E-state index contributed by atoms with van der Waals surface area (Å²) in [5, 5.41) is 9.15. The highest BCUT2D eigenvalue weighted by Crippen LogP contribution is 2.61. The number of ketones is 1. The standard InChI is InChI=1S/C17H17NO4/c1-18-7-6-17-10-3-4-12(19)16(17)21-15-13(22-20)5-2-9(14(15)17)8-11(10)18/h2-5,10-11,16,20H,6-8H2,1H3/t10-,11+,16-,17-/m0/s1. The van der Waals surface area contributed by atoms with Gasteiger partial charge >= 0.3 is 0 Å². The molecule has 2 heterocycles. The Labute approximate surface area is 128 Å². The van der Waals surface area contributed by atoms with Crippen LogP contribution in [0.2, 0.25) is 0 Å². The lowest BCUT2D eigenvalue weighted by Gasteiger charge is -2.55. The van der Waals surface area contributed by atoms with Crippen LogP contribution in [-0.2, 0) is 16.6 Å². The molecule has 1 fully saturated rings. The van der Waals surface area contributed by atoms with E-state index >= 15 is 0 Å². The molecule has 1 aromatic carbocycles. The van der Waals surface area contributed by atoms with Crippen molar-refractivity contribution in [3.8, 4) is 11.5 Å². The van der Waals surface area contributed by atoms with Crippen LogP contribution in [0.15, 0.2) is 24.3 Å². The Morgan fingerprint density at radius 1 is 1.45 bits per heavy atom. The molecule has 4 atom stereocenters. The van der Waals surface area contributed by atoms with Gasteiger partial charge in [-0.05, 0) is 44.1 Å². The third-order valence-electron chi connectivity index (χ3n) is 6.08. The first kappa shape index (κ1) is 12.7. The number of ether oxygens (including phenoxy) is 1. The van der Waals surface area contributed by atoms with Crippen molar-refractivity contribution < 1.29 is 19.7 Å². The van der Waals surface area contributed by atoms with Gasteiger partial charge in [0, 0.05) is 17.5 Å². The minimum atomic E-state index is -0.482. The van der Waals surface area contributed by atoms with Crippen LogP contribution < -0.4 is 9.62 Å². The summed E-state index contributed by atoms with van der Waals surface area (Å²) in [5.74, 6) is 1.17. The maximum Gasteiger partial charge on any atom is 0.207 e. The molecule has 1 spiro atoms. The van der Waals surface area contributed by atoms with Gasteiger partial charge < -0.3 is 14.5 Å². The monoisotopic (exact) mass is 299 g/mol. The number of hydrogen-bond acceptors (Lipinski definition) is 5.